The molecule has 0 radical (unpaired) electrons. The first kappa shape index (κ1) is 19.3. The standard InChI is InChI=1S/C22H26N4O3/c1-27-19-8-7-16(15-20(19)28-2)9-10-23-22-24-18-6-4-3-5-17(18)21(25-22)26-11-13-29-14-12-26/h3-8,15H,9-14H2,1-2H3,(H,23,24,25). The highest BCUT2D eigenvalue weighted by molar-refractivity contribution is 5.90. The van der Waals surface area contributed by atoms with Crippen molar-refractivity contribution in [3.05, 3.63) is 48.0 Å². The zero-order valence-electron chi connectivity index (χ0n) is 16.9. The number of nitrogens with one attached hydrogen (secondary N) is 1. The Morgan fingerprint density at radius 1 is 1.00 bits per heavy atom. The Labute approximate surface area is 170 Å². The van der Waals surface area contributed by atoms with Crippen LogP contribution in [0.4, 0.5) is 11.8 Å². The minimum absolute atomic E-state index is 0.644. The fourth-order valence-corrected chi connectivity index (χ4v) is 3.51. The lowest BCUT2D eigenvalue weighted by Gasteiger charge is -2.29. The van der Waals surface area contributed by atoms with E-state index in [-0.39, 0.29) is 0 Å². The molecule has 1 saturated heterocycles. The molecule has 3 aromatic rings. The number of benzene rings is 2. The van der Waals surface area contributed by atoms with Crippen LogP contribution in [-0.4, -0.2) is 57.0 Å². The first-order chi connectivity index (χ1) is 14.3. The number of morpholine rings is 1. The second-order valence-corrected chi connectivity index (χ2v) is 6.85. The summed E-state index contributed by atoms with van der Waals surface area (Å²) in [5.74, 6) is 3.08. The quantitative estimate of drug-likeness (QED) is 0.660. The molecule has 4 rings (SSSR count). The Morgan fingerprint density at radius 2 is 1.79 bits per heavy atom. The molecule has 29 heavy (non-hydrogen) atoms. The summed E-state index contributed by atoms with van der Waals surface area (Å²) in [6.07, 6.45) is 0.823. The molecule has 152 valence electrons. The SMILES string of the molecule is COc1ccc(CCNc2nc(N3CCOCC3)c3ccccc3n2)cc1OC. The van der Waals surface area contributed by atoms with Gasteiger partial charge in [0.2, 0.25) is 5.95 Å². The van der Waals surface area contributed by atoms with Crippen LogP contribution in [-0.2, 0) is 11.2 Å². The van der Waals surface area contributed by atoms with Crippen molar-refractivity contribution in [2.24, 2.45) is 0 Å². The third-order valence-electron chi connectivity index (χ3n) is 5.04. The molecule has 7 heteroatoms. The number of fused-ring (bicyclic) bond motifs is 1. The predicted molar refractivity (Wildman–Crippen MR) is 114 cm³/mol. The Hall–Kier alpha value is -3.06. The van der Waals surface area contributed by atoms with E-state index in [0.717, 1.165) is 73.1 Å². The van der Waals surface area contributed by atoms with Gasteiger partial charge in [-0.3, -0.25) is 0 Å². The summed E-state index contributed by atoms with van der Waals surface area (Å²) in [5.41, 5.74) is 2.10. The van der Waals surface area contributed by atoms with Gasteiger partial charge in [0.15, 0.2) is 11.5 Å². The molecule has 1 aliphatic heterocycles. The maximum atomic E-state index is 5.49. The average Bonchev–Trinajstić information content (AvgIpc) is 2.79. The number of nitrogens with zero attached hydrogens (tertiary/aromatic N) is 3. The molecule has 2 aromatic carbocycles. The third kappa shape index (κ3) is 4.35. The van der Waals surface area contributed by atoms with Gasteiger partial charge in [-0.1, -0.05) is 18.2 Å². The average molecular weight is 394 g/mol. The van der Waals surface area contributed by atoms with Gasteiger partial charge in [0, 0.05) is 25.0 Å². The van der Waals surface area contributed by atoms with E-state index < -0.39 is 0 Å². The zero-order valence-corrected chi connectivity index (χ0v) is 16.9. The maximum absolute atomic E-state index is 5.49. The molecule has 0 amide bonds. The fraction of sp³-hybridized carbons (Fsp3) is 0.364. The van der Waals surface area contributed by atoms with Crippen LogP contribution in [0.25, 0.3) is 10.9 Å². The van der Waals surface area contributed by atoms with E-state index in [1.165, 1.54) is 0 Å². The Bertz CT molecular complexity index is 973. The van der Waals surface area contributed by atoms with Crippen molar-refractivity contribution in [3.63, 3.8) is 0 Å². The summed E-state index contributed by atoms with van der Waals surface area (Å²) in [4.78, 5) is 11.8. The highest BCUT2D eigenvalue weighted by Crippen LogP contribution is 2.28. The van der Waals surface area contributed by atoms with Crippen molar-refractivity contribution in [3.8, 4) is 11.5 Å². The van der Waals surface area contributed by atoms with Crippen LogP contribution in [0.2, 0.25) is 0 Å². The Morgan fingerprint density at radius 3 is 2.59 bits per heavy atom. The number of anilines is 2. The second-order valence-electron chi connectivity index (χ2n) is 6.85. The summed E-state index contributed by atoms with van der Waals surface area (Å²) < 4.78 is 16.2. The maximum Gasteiger partial charge on any atom is 0.225 e. The molecule has 0 aliphatic carbocycles. The smallest absolute Gasteiger partial charge is 0.225 e. The van der Waals surface area contributed by atoms with Crippen LogP contribution in [0.3, 0.4) is 0 Å². The van der Waals surface area contributed by atoms with Crippen molar-refractivity contribution in [1.82, 2.24) is 9.97 Å². The van der Waals surface area contributed by atoms with Crippen molar-refractivity contribution in [1.29, 1.82) is 0 Å². The molecular weight excluding hydrogens is 368 g/mol. The van der Waals surface area contributed by atoms with Gasteiger partial charge in [-0.05, 0) is 36.2 Å². The lowest BCUT2D eigenvalue weighted by atomic mass is 10.1. The molecule has 7 nitrogen and oxygen atoms in total. The molecule has 1 fully saturated rings. The van der Waals surface area contributed by atoms with E-state index in [4.69, 9.17) is 24.2 Å². The molecule has 0 bridgehead atoms. The van der Waals surface area contributed by atoms with E-state index in [1.807, 2.05) is 36.4 Å². The molecule has 1 aliphatic rings. The Kier molecular flexibility index (Phi) is 5.95. The summed E-state index contributed by atoms with van der Waals surface area (Å²) in [6.45, 7) is 3.84. The first-order valence-electron chi connectivity index (χ1n) is 9.83. The molecule has 0 unspecified atom stereocenters. The van der Waals surface area contributed by atoms with Gasteiger partial charge in [0.25, 0.3) is 0 Å². The van der Waals surface area contributed by atoms with Gasteiger partial charge in [-0.25, -0.2) is 4.98 Å². The van der Waals surface area contributed by atoms with Crippen molar-refractivity contribution in [2.45, 2.75) is 6.42 Å². The van der Waals surface area contributed by atoms with Crippen molar-refractivity contribution >= 4 is 22.7 Å². The lowest BCUT2D eigenvalue weighted by molar-refractivity contribution is 0.122. The van der Waals surface area contributed by atoms with Crippen molar-refractivity contribution in [2.75, 3.05) is 57.3 Å². The molecule has 0 spiro atoms. The van der Waals surface area contributed by atoms with E-state index in [1.54, 1.807) is 14.2 Å². The minimum Gasteiger partial charge on any atom is -0.493 e. The second kappa shape index (κ2) is 8.96. The van der Waals surface area contributed by atoms with Gasteiger partial charge in [0.1, 0.15) is 5.82 Å². The number of rotatable bonds is 7. The third-order valence-corrected chi connectivity index (χ3v) is 5.04. The van der Waals surface area contributed by atoms with Gasteiger partial charge in [0.05, 0.1) is 33.0 Å². The van der Waals surface area contributed by atoms with Gasteiger partial charge < -0.3 is 24.4 Å². The number of para-hydroxylation sites is 1. The summed E-state index contributed by atoms with van der Waals surface area (Å²) in [6, 6.07) is 14.1. The van der Waals surface area contributed by atoms with Crippen LogP contribution in [0.5, 0.6) is 11.5 Å². The summed E-state index contributed by atoms with van der Waals surface area (Å²) >= 11 is 0. The topological polar surface area (TPSA) is 68.7 Å². The number of hydrogen-bond donors (Lipinski definition) is 1. The van der Waals surface area contributed by atoms with E-state index in [9.17, 15) is 0 Å². The molecule has 1 N–H and O–H groups in total. The summed E-state index contributed by atoms with van der Waals surface area (Å²) in [5, 5.41) is 4.45. The first-order valence-corrected chi connectivity index (χ1v) is 9.83. The van der Waals surface area contributed by atoms with Crippen LogP contribution in [0.15, 0.2) is 42.5 Å². The molecular formula is C22H26N4O3. The fourth-order valence-electron chi connectivity index (χ4n) is 3.51. The van der Waals surface area contributed by atoms with E-state index in [2.05, 4.69) is 16.3 Å². The van der Waals surface area contributed by atoms with E-state index in [0.29, 0.717) is 5.95 Å². The zero-order chi connectivity index (χ0) is 20.1. The van der Waals surface area contributed by atoms with Crippen LogP contribution in [0, 0.1) is 0 Å². The highest BCUT2D eigenvalue weighted by Gasteiger charge is 2.17. The molecule has 0 atom stereocenters. The largest absolute Gasteiger partial charge is 0.493 e. The molecule has 0 saturated carbocycles. The molecule has 1 aromatic heterocycles. The number of aromatic nitrogens is 2. The highest BCUT2D eigenvalue weighted by atomic mass is 16.5. The monoisotopic (exact) mass is 394 g/mol. The van der Waals surface area contributed by atoms with Gasteiger partial charge >= 0.3 is 0 Å². The van der Waals surface area contributed by atoms with Crippen LogP contribution >= 0.6 is 0 Å². The van der Waals surface area contributed by atoms with Crippen molar-refractivity contribution < 1.29 is 14.2 Å². The summed E-state index contributed by atoms with van der Waals surface area (Å²) in [7, 11) is 3.29. The number of methoxy groups -OCH3 is 2. The molecule has 2 heterocycles. The van der Waals surface area contributed by atoms with Gasteiger partial charge in [-0.15, -0.1) is 0 Å². The van der Waals surface area contributed by atoms with Crippen LogP contribution < -0.4 is 19.7 Å². The number of hydrogen-bond acceptors (Lipinski definition) is 7. The normalized spacial score (nSPS) is 14.1. The van der Waals surface area contributed by atoms with E-state index >= 15 is 0 Å². The minimum atomic E-state index is 0.644. The van der Waals surface area contributed by atoms with Crippen LogP contribution in [0.1, 0.15) is 5.56 Å². The Balaban J connectivity index is 1.51. The van der Waals surface area contributed by atoms with Gasteiger partial charge in [-0.2, -0.15) is 4.98 Å². The lowest BCUT2D eigenvalue weighted by Crippen LogP contribution is -2.37. The number of ether oxygens (including phenoxy) is 3. The predicted octanol–water partition coefficient (Wildman–Crippen LogP) is 3.14.